The van der Waals surface area contributed by atoms with Crippen LogP contribution >= 0.6 is 0 Å². The predicted octanol–water partition coefficient (Wildman–Crippen LogP) is 1.37. The standard InChI is InChI=1S/C10H9NO3/c12-9(6-1-2-6)8-5-11-4-3-7(8)10(13)14/h3-6H,1-2H2,(H,13,14). The highest BCUT2D eigenvalue weighted by Crippen LogP contribution is 2.33. The molecule has 0 spiro atoms. The number of rotatable bonds is 3. The van der Waals surface area contributed by atoms with Gasteiger partial charge in [-0.3, -0.25) is 9.78 Å². The maximum atomic E-state index is 11.6. The SMILES string of the molecule is O=C(O)c1ccncc1C(=O)C1CC1. The molecule has 0 radical (unpaired) electrons. The number of hydrogen-bond acceptors (Lipinski definition) is 3. The minimum absolute atomic E-state index is 0.0253. The fourth-order valence-corrected chi connectivity index (χ4v) is 1.34. The third-order valence-electron chi connectivity index (χ3n) is 2.27. The number of pyridine rings is 1. The van der Waals surface area contributed by atoms with Crippen molar-refractivity contribution in [2.75, 3.05) is 0 Å². The second kappa shape index (κ2) is 3.21. The molecule has 1 aliphatic rings. The summed E-state index contributed by atoms with van der Waals surface area (Å²) in [6.07, 6.45) is 4.46. The Morgan fingerprint density at radius 2 is 2.07 bits per heavy atom. The van der Waals surface area contributed by atoms with Crippen molar-refractivity contribution in [3.05, 3.63) is 29.6 Å². The van der Waals surface area contributed by atoms with E-state index in [1.165, 1.54) is 18.5 Å². The first kappa shape index (κ1) is 8.87. The van der Waals surface area contributed by atoms with E-state index in [0.717, 1.165) is 12.8 Å². The molecule has 0 aromatic carbocycles. The largest absolute Gasteiger partial charge is 0.478 e. The van der Waals surface area contributed by atoms with E-state index in [2.05, 4.69) is 4.98 Å². The van der Waals surface area contributed by atoms with E-state index in [-0.39, 0.29) is 22.8 Å². The third-order valence-corrected chi connectivity index (χ3v) is 2.27. The van der Waals surface area contributed by atoms with Crippen LogP contribution in [0.4, 0.5) is 0 Å². The van der Waals surface area contributed by atoms with Crippen LogP contribution in [0.5, 0.6) is 0 Å². The molecule has 1 aromatic heterocycles. The second-order valence-electron chi connectivity index (χ2n) is 3.36. The Labute approximate surface area is 80.6 Å². The molecular weight excluding hydrogens is 182 g/mol. The van der Waals surface area contributed by atoms with Crippen LogP contribution in [-0.4, -0.2) is 21.8 Å². The predicted molar refractivity (Wildman–Crippen MR) is 48.3 cm³/mol. The van der Waals surface area contributed by atoms with Crippen LogP contribution in [-0.2, 0) is 0 Å². The lowest BCUT2D eigenvalue weighted by molar-refractivity contribution is 0.0691. The third kappa shape index (κ3) is 1.51. The Morgan fingerprint density at radius 3 is 2.64 bits per heavy atom. The normalized spacial score (nSPS) is 15.1. The van der Waals surface area contributed by atoms with Crippen molar-refractivity contribution < 1.29 is 14.7 Å². The van der Waals surface area contributed by atoms with Gasteiger partial charge in [0.05, 0.1) is 11.1 Å². The summed E-state index contributed by atoms with van der Waals surface area (Å²) in [5, 5.41) is 8.84. The molecular formula is C10H9NO3. The molecule has 1 fully saturated rings. The monoisotopic (exact) mass is 191 g/mol. The molecule has 14 heavy (non-hydrogen) atoms. The molecule has 0 atom stereocenters. The van der Waals surface area contributed by atoms with Crippen LogP contribution in [0.2, 0.25) is 0 Å². The Morgan fingerprint density at radius 1 is 1.36 bits per heavy atom. The van der Waals surface area contributed by atoms with Crippen LogP contribution in [0.25, 0.3) is 0 Å². The highest BCUT2D eigenvalue weighted by Gasteiger charge is 2.32. The van der Waals surface area contributed by atoms with E-state index >= 15 is 0 Å². The Kier molecular flexibility index (Phi) is 2.04. The quantitative estimate of drug-likeness (QED) is 0.733. The zero-order valence-electron chi connectivity index (χ0n) is 7.43. The van der Waals surface area contributed by atoms with E-state index in [4.69, 9.17) is 5.11 Å². The van der Waals surface area contributed by atoms with E-state index in [9.17, 15) is 9.59 Å². The summed E-state index contributed by atoms with van der Waals surface area (Å²) in [4.78, 5) is 26.2. The summed E-state index contributed by atoms with van der Waals surface area (Å²) in [6.45, 7) is 0. The fourth-order valence-electron chi connectivity index (χ4n) is 1.34. The number of carbonyl (C=O) groups is 2. The summed E-state index contributed by atoms with van der Waals surface area (Å²) in [6, 6.07) is 1.36. The number of hydrogen-bond donors (Lipinski definition) is 1. The zero-order chi connectivity index (χ0) is 10.1. The first-order chi connectivity index (χ1) is 6.70. The summed E-state index contributed by atoms with van der Waals surface area (Å²) in [7, 11) is 0. The molecule has 1 aliphatic carbocycles. The number of carboxylic acid groups (broad SMARTS) is 1. The molecule has 0 saturated heterocycles. The number of aromatic carboxylic acids is 1. The molecule has 4 heteroatoms. The maximum absolute atomic E-state index is 11.6. The fraction of sp³-hybridized carbons (Fsp3) is 0.300. The zero-order valence-corrected chi connectivity index (χ0v) is 7.43. The number of ketones is 1. The van der Waals surface area contributed by atoms with Gasteiger partial charge in [-0.1, -0.05) is 0 Å². The van der Waals surface area contributed by atoms with Crippen LogP contribution < -0.4 is 0 Å². The highest BCUT2D eigenvalue weighted by molar-refractivity contribution is 6.07. The molecule has 1 heterocycles. The number of Topliss-reactive ketones (excluding diaryl/α,β-unsaturated/α-hetero) is 1. The van der Waals surface area contributed by atoms with Crippen molar-refractivity contribution in [3.63, 3.8) is 0 Å². The molecule has 4 nitrogen and oxygen atoms in total. The molecule has 1 saturated carbocycles. The van der Waals surface area contributed by atoms with Crippen molar-refractivity contribution in [2.24, 2.45) is 5.92 Å². The van der Waals surface area contributed by atoms with Crippen molar-refractivity contribution >= 4 is 11.8 Å². The van der Waals surface area contributed by atoms with E-state index < -0.39 is 5.97 Å². The van der Waals surface area contributed by atoms with Crippen LogP contribution in [0.1, 0.15) is 33.6 Å². The first-order valence-corrected chi connectivity index (χ1v) is 4.41. The van der Waals surface area contributed by atoms with Crippen LogP contribution in [0, 0.1) is 5.92 Å². The number of carbonyl (C=O) groups excluding carboxylic acids is 1. The average molecular weight is 191 g/mol. The van der Waals surface area contributed by atoms with Gasteiger partial charge in [0, 0.05) is 18.3 Å². The summed E-state index contributed by atoms with van der Waals surface area (Å²) in [5.41, 5.74) is 0.291. The summed E-state index contributed by atoms with van der Waals surface area (Å²) in [5.74, 6) is -1.13. The Balaban J connectivity index is 2.40. The molecule has 0 unspecified atom stereocenters. The van der Waals surface area contributed by atoms with Gasteiger partial charge in [-0.25, -0.2) is 4.79 Å². The minimum atomic E-state index is -1.07. The first-order valence-electron chi connectivity index (χ1n) is 4.41. The van der Waals surface area contributed by atoms with Crippen molar-refractivity contribution in [1.29, 1.82) is 0 Å². The molecule has 0 aliphatic heterocycles. The van der Waals surface area contributed by atoms with E-state index in [0.29, 0.717) is 0 Å². The molecule has 0 amide bonds. The molecule has 0 bridgehead atoms. The lowest BCUT2D eigenvalue weighted by Gasteiger charge is -2.02. The average Bonchev–Trinajstić information content (AvgIpc) is 3.00. The van der Waals surface area contributed by atoms with Crippen molar-refractivity contribution in [2.45, 2.75) is 12.8 Å². The van der Waals surface area contributed by atoms with Crippen LogP contribution in [0.3, 0.4) is 0 Å². The minimum Gasteiger partial charge on any atom is -0.478 e. The Bertz CT molecular complexity index is 396. The van der Waals surface area contributed by atoms with E-state index in [1.807, 2.05) is 0 Å². The lowest BCUT2D eigenvalue weighted by atomic mass is 10.0. The van der Waals surface area contributed by atoms with Gasteiger partial charge in [-0.05, 0) is 18.9 Å². The van der Waals surface area contributed by atoms with Gasteiger partial charge in [-0.15, -0.1) is 0 Å². The number of carboxylic acids is 1. The smallest absolute Gasteiger partial charge is 0.336 e. The topological polar surface area (TPSA) is 67.3 Å². The van der Waals surface area contributed by atoms with Gasteiger partial charge in [0.15, 0.2) is 5.78 Å². The Hall–Kier alpha value is -1.71. The highest BCUT2D eigenvalue weighted by atomic mass is 16.4. The molecule has 2 rings (SSSR count). The number of nitrogens with zero attached hydrogens (tertiary/aromatic N) is 1. The van der Waals surface area contributed by atoms with Gasteiger partial charge >= 0.3 is 5.97 Å². The maximum Gasteiger partial charge on any atom is 0.336 e. The van der Waals surface area contributed by atoms with Gasteiger partial charge in [-0.2, -0.15) is 0 Å². The van der Waals surface area contributed by atoms with Crippen LogP contribution in [0.15, 0.2) is 18.5 Å². The summed E-state index contributed by atoms with van der Waals surface area (Å²) >= 11 is 0. The van der Waals surface area contributed by atoms with E-state index in [1.54, 1.807) is 0 Å². The number of aromatic nitrogens is 1. The molecule has 1 aromatic rings. The van der Waals surface area contributed by atoms with Crippen molar-refractivity contribution in [3.8, 4) is 0 Å². The second-order valence-corrected chi connectivity index (χ2v) is 3.36. The van der Waals surface area contributed by atoms with Gasteiger partial charge in [0.2, 0.25) is 0 Å². The van der Waals surface area contributed by atoms with Gasteiger partial charge < -0.3 is 5.11 Å². The van der Waals surface area contributed by atoms with Crippen molar-refractivity contribution in [1.82, 2.24) is 4.98 Å². The van der Waals surface area contributed by atoms with Gasteiger partial charge in [0.25, 0.3) is 0 Å². The lowest BCUT2D eigenvalue weighted by Crippen LogP contribution is -2.10. The molecule has 72 valence electrons. The molecule has 1 N–H and O–H groups in total. The van der Waals surface area contributed by atoms with Gasteiger partial charge in [0.1, 0.15) is 0 Å². The summed E-state index contributed by atoms with van der Waals surface area (Å²) < 4.78 is 0.